The van der Waals surface area contributed by atoms with Crippen molar-refractivity contribution in [3.63, 3.8) is 0 Å². The Hall–Kier alpha value is -1.30. The number of hydrogen-bond donors (Lipinski definition) is 3. The average molecular weight is 285 g/mol. The van der Waals surface area contributed by atoms with Crippen LogP contribution in [0.4, 0.5) is 4.79 Å². The van der Waals surface area contributed by atoms with Gasteiger partial charge in [0.15, 0.2) is 0 Å². The van der Waals surface area contributed by atoms with Crippen molar-refractivity contribution in [2.24, 2.45) is 11.3 Å². The standard InChI is InChI=1S/C14H27N3O3/c1-5-17-7-6-10(9-17)8-15-13(20)16-11(12(18)19)14(2,3)4/h10-11H,5-9H2,1-4H3,(H,18,19)(H2,15,16,20)/t10?,11-/m0/s1. The second-order valence-corrected chi connectivity index (χ2v) is 6.54. The van der Waals surface area contributed by atoms with Crippen LogP contribution in [-0.4, -0.2) is 54.2 Å². The fourth-order valence-corrected chi connectivity index (χ4v) is 2.43. The van der Waals surface area contributed by atoms with E-state index in [1.807, 2.05) is 0 Å². The first-order valence-electron chi connectivity index (χ1n) is 7.23. The van der Waals surface area contributed by atoms with Crippen molar-refractivity contribution in [2.75, 3.05) is 26.2 Å². The van der Waals surface area contributed by atoms with Crippen LogP contribution < -0.4 is 10.6 Å². The van der Waals surface area contributed by atoms with Crippen molar-refractivity contribution in [3.05, 3.63) is 0 Å². The Morgan fingerprint density at radius 1 is 1.40 bits per heavy atom. The van der Waals surface area contributed by atoms with Gasteiger partial charge >= 0.3 is 12.0 Å². The second kappa shape index (κ2) is 6.92. The van der Waals surface area contributed by atoms with E-state index in [9.17, 15) is 9.59 Å². The topological polar surface area (TPSA) is 81.7 Å². The fraction of sp³-hybridized carbons (Fsp3) is 0.857. The molecule has 0 aromatic rings. The van der Waals surface area contributed by atoms with Gasteiger partial charge in [-0.1, -0.05) is 27.7 Å². The molecule has 0 radical (unpaired) electrons. The van der Waals surface area contributed by atoms with Crippen molar-refractivity contribution in [2.45, 2.75) is 40.2 Å². The van der Waals surface area contributed by atoms with Gasteiger partial charge in [0, 0.05) is 13.1 Å². The molecule has 1 saturated heterocycles. The first-order chi connectivity index (χ1) is 9.24. The molecule has 0 aliphatic carbocycles. The summed E-state index contributed by atoms with van der Waals surface area (Å²) < 4.78 is 0. The molecule has 116 valence electrons. The zero-order chi connectivity index (χ0) is 15.3. The molecule has 0 aromatic carbocycles. The molecule has 1 aliphatic heterocycles. The van der Waals surface area contributed by atoms with E-state index < -0.39 is 23.5 Å². The molecule has 2 atom stereocenters. The molecule has 3 N–H and O–H groups in total. The molecule has 0 aromatic heterocycles. The molecule has 2 amide bonds. The number of rotatable bonds is 5. The largest absolute Gasteiger partial charge is 0.480 e. The second-order valence-electron chi connectivity index (χ2n) is 6.54. The van der Waals surface area contributed by atoms with Gasteiger partial charge in [0.05, 0.1) is 0 Å². The van der Waals surface area contributed by atoms with Crippen molar-refractivity contribution in [1.29, 1.82) is 0 Å². The summed E-state index contributed by atoms with van der Waals surface area (Å²) in [5.41, 5.74) is -0.518. The van der Waals surface area contributed by atoms with Crippen LogP contribution in [0.3, 0.4) is 0 Å². The minimum atomic E-state index is -1.01. The number of carbonyl (C=O) groups is 2. The van der Waals surface area contributed by atoms with Gasteiger partial charge in [0.2, 0.25) is 0 Å². The summed E-state index contributed by atoms with van der Waals surface area (Å²) in [6.07, 6.45) is 1.08. The monoisotopic (exact) mass is 285 g/mol. The summed E-state index contributed by atoms with van der Waals surface area (Å²) in [5, 5.41) is 14.5. The zero-order valence-corrected chi connectivity index (χ0v) is 12.9. The van der Waals surface area contributed by atoms with Crippen molar-refractivity contribution >= 4 is 12.0 Å². The number of carboxylic acids is 1. The van der Waals surface area contributed by atoms with Crippen LogP contribution in [-0.2, 0) is 4.79 Å². The van der Waals surface area contributed by atoms with Gasteiger partial charge in [-0.05, 0) is 30.8 Å². The lowest BCUT2D eigenvalue weighted by Crippen LogP contribution is -2.52. The first-order valence-corrected chi connectivity index (χ1v) is 7.23. The summed E-state index contributed by atoms with van der Waals surface area (Å²) in [7, 11) is 0. The van der Waals surface area contributed by atoms with E-state index in [1.165, 1.54) is 0 Å². The van der Waals surface area contributed by atoms with E-state index in [4.69, 9.17) is 5.11 Å². The maximum absolute atomic E-state index is 11.8. The van der Waals surface area contributed by atoms with Gasteiger partial charge < -0.3 is 20.6 Å². The molecule has 0 spiro atoms. The Balaban J connectivity index is 2.38. The van der Waals surface area contributed by atoms with Crippen LogP contribution >= 0.6 is 0 Å². The lowest BCUT2D eigenvalue weighted by Gasteiger charge is -2.28. The third-order valence-corrected chi connectivity index (χ3v) is 3.76. The maximum Gasteiger partial charge on any atom is 0.326 e. The van der Waals surface area contributed by atoms with Crippen LogP contribution in [0.5, 0.6) is 0 Å². The van der Waals surface area contributed by atoms with E-state index in [0.717, 1.165) is 26.1 Å². The number of aliphatic carboxylic acids is 1. The van der Waals surface area contributed by atoms with Crippen molar-refractivity contribution < 1.29 is 14.7 Å². The van der Waals surface area contributed by atoms with Crippen molar-refractivity contribution in [1.82, 2.24) is 15.5 Å². The Kier molecular flexibility index (Phi) is 5.80. The van der Waals surface area contributed by atoms with Gasteiger partial charge in [-0.3, -0.25) is 0 Å². The summed E-state index contributed by atoms with van der Waals surface area (Å²) in [5.74, 6) is -0.552. The van der Waals surface area contributed by atoms with Crippen LogP contribution in [0.25, 0.3) is 0 Å². The van der Waals surface area contributed by atoms with Crippen LogP contribution in [0.15, 0.2) is 0 Å². The van der Waals surface area contributed by atoms with Gasteiger partial charge in [-0.2, -0.15) is 0 Å². The third-order valence-electron chi connectivity index (χ3n) is 3.76. The van der Waals surface area contributed by atoms with Gasteiger partial charge in [-0.25, -0.2) is 9.59 Å². The van der Waals surface area contributed by atoms with Crippen molar-refractivity contribution in [3.8, 4) is 0 Å². The Labute approximate surface area is 120 Å². The number of carboxylic acid groups (broad SMARTS) is 1. The number of nitrogens with one attached hydrogen (secondary N) is 2. The molecule has 6 heteroatoms. The van der Waals surface area contributed by atoms with E-state index in [2.05, 4.69) is 22.5 Å². The Morgan fingerprint density at radius 2 is 2.05 bits per heavy atom. The summed E-state index contributed by atoms with van der Waals surface area (Å²) >= 11 is 0. The highest BCUT2D eigenvalue weighted by Gasteiger charge is 2.32. The van der Waals surface area contributed by atoms with E-state index in [-0.39, 0.29) is 0 Å². The minimum absolute atomic E-state index is 0.401. The zero-order valence-electron chi connectivity index (χ0n) is 12.9. The molecule has 6 nitrogen and oxygen atoms in total. The number of carbonyl (C=O) groups excluding carboxylic acids is 1. The van der Waals surface area contributed by atoms with Gasteiger partial charge in [0.25, 0.3) is 0 Å². The Morgan fingerprint density at radius 3 is 2.50 bits per heavy atom. The SMILES string of the molecule is CCN1CCC(CNC(=O)N[C@@H](C(=O)O)C(C)(C)C)C1. The molecular formula is C14H27N3O3. The van der Waals surface area contributed by atoms with E-state index in [0.29, 0.717) is 12.5 Å². The lowest BCUT2D eigenvalue weighted by atomic mass is 9.87. The Bertz CT molecular complexity index is 352. The summed E-state index contributed by atoms with van der Waals surface area (Å²) in [6.45, 7) is 11.2. The molecule has 20 heavy (non-hydrogen) atoms. The maximum atomic E-state index is 11.8. The molecule has 1 heterocycles. The van der Waals surface area contributed by atoms with Crippen LogP contribution in [0.1, 0.15) is 34.1 Å². The number of amides is 2. The summed E-state index contributed by atoms with van der Waals surface area (Å²) in [4.78, 5) is 25.3. The molecule has 0 saturated carbocycles. The highest BCUT2D eigenvalue weighted by atomic mass is 16.4. The minimum Gasteiger partial charge on any atom is -0.480 e. The normalized spacial score (nSPS) is 21.5. The molecule has 1 fully saturated rings. The molecular weight excluding hydrogens is 258 g/mol. The molecule has 0 bridgehead atoms. The van der Waals surface area contributed by atoms with E-state index >= 15 is 0 Å². The van der Waals surface area contributed by atoms with Gasteiger partial charge in [0.1, 0.15) is 6.04 Å². The van der Waals surface area contributed by atoms with Crippen LogP contribution in [0.2, 0.25) is 0 Å². The van der Waals surface area contributed by atoms with E-state index in [1.54, 1.807) is 20.8 Å². The number of urea groups is 1. The fourth-order valence-electron chi connectivity index (χ4n) is 2.43. The average Bonchev–Trinajstić information content (AvgIpc) is 2.79. The highest BCUT2D eigenvalue weighted by molar-refractivity contribution is 5.83. The van der Waals surface area contributed by atoms with Gasteiger partial charge in [-0.15, -0.1) is 0 Å². The predicted octanol–water partition coefficient (Wildman–Crippen LogP) is 1.13. The predicted molar refractivity (Wildman–Crippen MR) is 77.6 cm³/mol. The lowest BCUT2D eigenvalue weighted by molar-refractivity contribution is -0.141. The smallest absolute Gasteiger partial charge is 0.326 e. The first kappa shape index (κ1) is 16.8. The number of likely N-dealkylation sites (tertiary alicyclic amines) is 1. The number of hydrogen-bond acceptors (Lipinski definition) is 3. The third kappa shape index (κ3) is 5.00. The summed E-state index contributed by atoms with van der Waals surface area (Å²) in [6, 6.07) is -1.29. The quantitative estimate of drug-likeness (QED) is 0.707. The highest BCUT2D eigenvalue weighted by Crippen LogP contribution is 2.19. The molecule has 1 unspecified atom stereocenters. The number of nitrogens with zero attached hydrogens (tertiary/aromatic N) is 1. The molecule has 1 rings (SSSR count). The molecule has 1 aliphatic rings. The van der Waals surface area contributed by atoms with Crippen LogP contribution in [0, 0.1) is 11.3 Å².